The highest BCUT2D eigenvalue weighted by Gasteiger charge is 2.49. The SMILES string of the molecule is CCCCCCC(CCCCCC)(C(=O)O)C(C(=O)S)c1nc2ccc(CC)cc2s1. The number of rotatable bonds is 15. The summed E-state index contributed by atoms with van der Waals surface area (Å²) in [6.07, 6.45) is 9.79. The Labute approximate surface area is 196 Å². The predicted molar refractivity (Wildman–Crippen MR) is 133 cm³/mol. The Hall–Kier alpha value is -1.40. The average Bonchev–Trinajstić information content (AvgIpc) is 3.15. The highest BCUT2D eigenvalue weighted by molar-refractivity contribution is 7.96. The van der Waals surface area contributed by atoms with E-state index in [2.05, 4.69) is 39.5 Å². The number of benzene rings is 1. The molecular formula is C25H37NO3S2. The molecule has 0 aliphatic carbocycles. The van der Waals surface area contributed by atoms with Crippen molar-refractivity contribution in [3.63, 3.8) is 0 Å². The number of carbonyl (C=O) groups excluding carboxylic acids is 1. The van der Waals surface area contributed by atoms with Gasteiger partial charge in [-0.15, -0.1) is 24.0 Å². The molecule has 1 N–H and O–H groups in total. The maximum absolute atomic E-state index is 12.8. The Morgan fingerprint density at radius 1 is 1.03 bits per heavy atom. The van der Waals surface area contributed by atoms with E-state index >= 15 is 0 Å². The predicted octanol–water partition coefficient (Wildman–Crippen LogP) is 7.41. The maximum atomic E-state index is 12.8. The third-order valence-corrected chi connectivity index (χ3v) is 7.64. The van der Waals surface area contributed by atoms with E-state index in [-0.39, 0.29) is 5.12 Å². The van der Waals surface area contributed by atoms with E-state index < -0.39 is 17.3 Å². The van der Waals surface area contributed by atoms with Gasteiger partial charge in [0.2, 0.25) is 0 Å². The number of aromatic nitrogens is 1. The van der Waals surface area contributed by atoms with Crippen LogP contribution in [-0.4, -0.2) is 21.2 Å². The fourth-order valence-electron chi connectivity index (χ4n) is 4.39. The number of fused-ring (bicyclic) bond motifs is 1. The van der Waals surface area contributed by atoms with Crippen molar-refractivity contribution in [2.75, 3.05) is 0 Å². The highest BCUT2D eigenvalue weighted by Crippen LogP contribution is 2.48. The van der Waals surface area contributed by atoms with Crippen LogP contribution in [0.4, 0.5) is 0 Å². The molecule has 0 bridgehead atoms. The first-order valence-corrected chi connectivity index (χ1v) is 13.0. The molecular weight excluding hydrogens is 426 g/mol. The topological polar surface area (TPSA) is 67.3 Å². The highest BCUT2D eigenvalue weighted by atomic mass is 32.1. The summed E-state index contributed by atoms with van der Waals surface area (Å²) in [7, 11) is 0. The second-order valence-electron chi connectivity index (χ2n) is 8.56. The van der Waals surface area contributed by atoms with Crippen LogP contribution in [0.15, 0.2) is 18.2 Å². The molecule has 0 radical (unpaired) electrons. The number of thiol groups is 1. The smallest absolute Gasteiger partial charge is 0.310 e. The molecule has 1 unspecified atom stereocenters. The van der Waals surface area contributed by atoms with Crippen molar-refractivity contribution in [3.05, 3.63) is 28.8 Å². The van der Waals surface area contributed by atoms with Gasteiger partial charge in [-0.1, -0.05) is 78.2 Å². The first kappa shape index (κ1) is 25.9. The van der Waals surface area contributed by atoms with E-state index in [0.717, 1.165) is 68.0 Å². The summed E-state index contributed by atoms with van der Waals surface area (Å²) in [5.41, 5.74) is 0.884. The molecule has 0 aliphatic heterocycles. The zero-order chi connectivity index (χ0) is 22.9. The van der Waals surface area contributed by atoms with E-state index in [9.17, 15) is 14.7 Å². The van der Waals surface area contributed by atoms with Crippen molar-refractivity contribution in [1.29, 1.82) is 0 Å². The summed E-state index contributed by atoms with van der Waals surface area (Å²) in [4.78, 5) is 30.3. The molecule has 0 saturated carbocycles. The van der Waals surface area contributed by atoms with E-state index in [4.69, 9.17) is 4.98 Å². The lowest BCUT2D eigenvalue weighted by molar-refractivity contribution is -0.153. The van der Waals surface area contributed by atoms with Crippen LogP contribution in [0, 0.1) is 5.41 Å². The van der Waals surface area contributed by atoms with Gasteiger partial charge in [-0.05, 0) is 37.0 Å². The molecule has 1 atom stereocenters. The van der Waals surface area contributed by atoms with Crippen molar-refractivity contribution >= 4 is 45.3 Å². The number of aryl methyl sites for hydroxylation is 1. The van der Waals surface area contributed by atoms with Gasteiger partial charge in [-0.3, -0.25) is 9.59 Å². The van der Waals surface area contributed by atoms with Crippen molar-refractivity contribution < 1.29 is 14.7 Å². The molecule has 2 rings (SSSR count). The van der Waals surface area contributed by atoms with Crippen molar-refractivity contribution in [2.45, 2.75) is 97.3 Å². The second-order valence-corrected chi connectivity index (χ2v) is 10.1. The molecule has 0 fully saturated rings. The van der Waals surface area contributed by atoms with Crippen molar-refractivity contribution in [2.24, 2.45) is 5.41 Å². The van der Waals surface area contributed by atoms with Gasteiger partial charge in [0.05, 0.1) is 21.5 Å². The number of carboxylic acids is 1. The number of thiazole rings is 1. The summed E-state index contributed by atoms with van der Waals surface area (Å²) in [5, 5.41) is 10.7. The lowest BCUT2D eigenvalue weighted by Gasteiger charge is -2.35. The average molecular weight is 464 g/mol. The molecule has 1 heterocycles. The minimum Gasteiger partial charge on any atom is -0.481 e. The summed E-state index contributed by atoms with van der Waals surface area (Å²) in [6.45, 7) is 6.38. The Kier molecular flexibility index (Phi) is 10.5. The minimum absolute atomic E-state index is 0.386. The van der Waals surface area contributed by atoms with Crippen LogP contribution >= 0.6 is 24.0 Å². The van der Waals surface area contributed by atoms with Crippen LogP contribution in [-0.2, 0) is 16.0 Å². The van der Waals surface area contributed by atoms with E-state index in [0.29, 0.717) is 17.8 Å². The maximum Gasteiger partial charge on any atom is 0.310 e. The Balaban J connectivity index is 2.47. The molecule has 2 aromatic rings. The van der Waals surface area contributed by atoms with Crippen LogP contribution in [0.2, 0.25) is 0 Å². The molecule has 172 valence electrons. The van der Waals surface area contributed by atoms with Gasteiger partial charge in [-0.2, -0.15) is 0 Å². The van der Waals surface area contributed by atoms with Gasteiger partial charge >= 0.3 is 5.97 Å². The molecule has 0 aliphatic rings. The zero-order valence-electron chi connectivity index (χ0n) is 19.2. The number of carboxylic acid groups (broad SMARTS) is 1. The summed E-state index contributed by atoms with van der Waals surface area (Å²) in [6, 6.07) is 6.12. The Morgan fingerprint density at radius 3 is 2.13 bits per heavy atom. The third kappa shape index (κ3) is 6.55. The van der Waals surface area contributed by atoms with Gasteiger partial charge in [0, 0.05) is 0 Å². The summed E-state index contributed by atoms with van der Waals surface area (Å²) in [5.74, 6) is -1.71. The summed E-state index contributed by atoms with van der Waals surface area (Å²) < 4.78 is 1.00. The summed E-state index contributed by atoms with van der Waals surface area (Å²) >= 11 is 5.65. The molecule has 0 saturated heterocycles. The van der Waals surface area contributed by atoms with Gasteiger partial charge < -0.3 is 5.11 Å². The zero-order valence-corrected chi connectivity index (χ0v) is 20.9. The standard InChI is InChI=1S/C25H37NO3S2/c1-4-7-9-11-15-25(24(28)29,16-12-10-8-5-2)21(23(27)30)22-26-19-14-13-18(6-3)17-20(19)31-22/h13-14,17,21H,4-12,15-16H2,1-3H3,(H,27,30)(H,28,29). The molecule has 6 heteroatoms. The van der Waals surface area contributed by atoms with Gasteiger partial charge in [0.15, 0.2) is 5.12 Å². The number of carbonyl (C=O) groups is 2. The largest absolute Gasteiger partial charge is 0.481 e. The molecule has 1 aromatic carbocycles. The molecule has 1 aromatic heterocycles. The number of aliphatic carboxylic acids is 1. The molecule has 4 nitrogen and oxygen atoms in total. The van der Waals surface area contributed by atoms with Crippen molar-refractivity contribution in [1.82, 2.24) is 4.98 Å². The third-order valence-electron chi connectivity index (χ3n) is 6.30. The fourth-order valence-corrected chi connectivity index (χ4v) is 6.10. The Bertz CT molecular complexity index is 850. The van der Waals surface area contributed by atoms with Gasteiger partial charge in [0.25, 0.3) is 0 Å². The monoisotopic (exact) mass is 463 g/mol. The Morgan fingerprint density at radius 2 is 1.65 bits per heavy atom. The molecule has 0 spiro atoms. The van der Waals surface area contributed by atoms with Gasteiger partial charge in [0.1, 0.15) is 5.01 Å². The van der Waals surface area contributed by atoms with Crippen LogP contribution in [0.25, 0.3) is 10.2 Å². The molecule has 31 heavy (non-hydrogen) atoms. The van der Waals surface area contributed by atoms with E-state index in [1.54, 1.807) is 0 Å². The van der Waals surface area contributed by atoms with Crippen molar-refractivity contribution in [3.8, 4) is 0 Å². The second kappa shape index (κ2) is 12.6. The van der Waals surface area contributed by atoms with Crippen LogP contribution in [0.5, 0.6) is 0 Å². The van der Waals surface area contributed by atoms with E-state index in [1.165, 1.54) is 16.9 Å². The van der Waals surface area contributed by atoms with E-state index in [1.807, 2.05) is 12.1 Å². The normalized spacial score (nSPS) is 12.9. The van der Waals surface area contributed by atoms with Crippen LogP contribution in [0.1, 0.15) is 101 Å². The van der Waals surface area contributed by atoms with Crippen LogP contribution in [0.3, 0.4) is 0 Å². The first-order valence-electron chi connectivity index (χ1n) is 11.7. The lowest BCUT2D eigenvalue weighted by atomic mass is 9.69. The number of nitrogens with zero attached hydrogens (tertiary/aromatic N) is 1. The van der Waals surface area contributed by atoms with Crippen LogP contribution < -0.4 is 0 Å². The first-order chi connectivity index (χ1) is 14.9. The number of hydrogen-bond acceptors (Lipinski definition) is 4. The minimum atomic E-state index is -1.15. The fraction of sp³-hybridized carbons (Fsp3) is 0.640. The quantitative estimate of drug-likeness (QED) is 0.213. The number of unbranched alkanes of at least 4 members (excludes halogenated alkanes) is 6. The molecule has 0 amide bonds. The number of hydrogen-bond donors (Lipinski definition) is 2. The van der Waals surface area contributed by atoms with Gasteiger partial charge in [-0.25, -0.2) is 4.98 Å². The lowest BCUT2D eigenvalue weighted by Crippen LogP contribution is -2.40.